The van der Waals surface area contributed by atoms with Crippen molar-refractivity contribution in [1.82, 2.24) is 4.98 Å². The molecule has 0 bridgehead atoms. The van der Waals surface area contributed by atoms with Crippen LogP contribution in [0.4, 0.5) is 17.6 Å². The number of fused-ring (bicyclic) bond motifs is 1. The maximum atomic E-state index is 13.5. The molecule has 0 aliphatic rings. The highest BCUT2D eigenvalue weighted by atomic mass is 32.2. The Morgan fingerprint density at radius 2 is 1.90 bits per heavy atom. The number of hydrogen-bond donors (Lipinski definition) is 0. The van der Waals surface area contributed by atoms with Crippen molar-refractivity contribution in [3.8, 4) is 11.8 Å². The maximum absolute atomic E-state index is 13.5. The van der Waals surface area contributed by atoms with Crippen molar-refractivity contribution in [3.63, 3.8) is 0 Å². The second-order valence-electron chi connectivity index (χ2n) is 3.79. The second kappa shape index (κ2) is 4.85. The van der Waals surface area contributed by atoms with Crippen LogP contribution in [0.25, 0.3) is 10.8 Å². The van der Waals surface area contributed by atoms with Crippen molar-refractivity contribution in [2.75, 3.05) is 0 Å². The zero-order valence-electron chi connectivity index (χ0n) is 9.85. The van der Waals surface area contributed by atoms with Crippen molar-refractivity contribution in [2.45, 2.75) is 5.51 Å². The van der Waals surface area contributed by atoms with Gasteiger partial charge in [0, 0.05) is 17.0 Å². The fraction of sp³-hybridized carbons (Fsp3) is 0.0909. The van der Waals surface area contributed by atoms with Gasteiger partial charge >= 0.3 is 15.6 Å². The molecule has 110 valence electrons. The minimum Gasteiger partial charge on any atom is -0.374 e. The van der Waals surface area contributed by atoms with Crippen LogP contribution < -0.4 is 4.18 Å². The Kier molecular flexibility index (Phi) is 3.46. The minimum atomic E-state index is -5.90. The molecule has 10 heteroatoms. The van der Waals surface area contributed by atoms with Gasteiger partial charge in [-0.25, -0.2) is 4.39 Å². The maximum Gasteiger partial charge on any atom is 0.534 e. The van der Waals surface area contributed by atoms with E-state index in [-0.39, 0.29) is 16.3 Å². The predicted octanol–water partition coefficient (Wildman–Crippen LogP) is 2.47. The summed E-state index contributed by atoms with van der Waals surface area (Å²) in [4.78, 5) is 3.50. The normalized spacial score (nSPS) is 12.1. The van der Waals surface area contributed by atoms with E-state index in [2.05, 4.69) is 9.17 Å². The van der Waals surface area contributed by atoms with Gasteiger partial charge in [-0.05, 0) is 12.1 Å². The monoisotopic (exact) mass is 320 g/mol. The Morgan fingerprint density at radius 1 is 1.24 bits per heavy atom. The van der Waals surface area contributed by atoms with Gasteiger partial charge in [0.15, 0.2) is 5.75 Å². The topological polar surface area (TPSA) is 80.0 Å². The molecule has 0 saturated carbocycles. The zero-order chi connectivity index (χ0) is 15.8. The van der Waals surface area contributed by atoms with Gasteiger partial charge in [-0.1, -0.05) is 0 Å². The summed E-state index contributed by atoms with van der Waals surface area (Å²) in [5.74, 6) is -1.81. The fourth-order valence-electron chi connectivity index (χ4n) is 1.48. The second-order valence-corrected chi connectivity index (χ2v) is 5.32. The highest BCUT2D eigenvalue weighted by Crippen LogP contribution is 2.32. The van der Waals surface area contributed by atoms with Gasteiger partial charge in [-0.3, -0.25) is 4.98 Å². The summed E-state index contributed by atoms with van der Waals surface area (Å²) < 4.78 is 76.1. The molecule has 2 rings (SSSR count). The molecule has 0 aliphatic carbocycles. The van der Waals surface area contributed by atoms with Crippen molar-refractivity contribution in [1.29, 1.82) is 5.26 Å². The molecule has 0 fully saturated rings. The van der Waals surface area contributed by atoms with Gasteiger partial charge in [0.1, 0.15) is 11.9 Å². The lowest BCUT2D eigenvalue weighted by Crippen LogP contribution is -2.28. The molecule has 1 heterocycles. The van der Waals surface area contributed by atoms with Gasteiger partial charge in [0.05, 0.1) is 11.8 Å². The van der Waals surface area contributed by atoms with Crippen LogP contribution in [0.3, 0.4) is 0 Å². The summed E-state index contributed by atoms with van der Waals surface area (Å²) in [7, 11) is -5.90. The molecule has 0 atom stereocenters. The van der Waals surface area contributed by atoms with E-state index in [4.69, 9.17) is 5.26 Å². The predicted molar refractivity (Wildman–Crippen MR) is 62.0 cm³/mol. The third kappa shape index (κ3) is 2.73. The molecule has 1 aromatic heterocycles. The highest BCUT2D eigenvalue weighted by molar-refractivity contribution is 7.88. The lowest BCUT2D eigenvalue weighted by Gasteiger charge is -2.11. The van der Waals surface area contributed by atoms with Crippen LogP contribution in [0.1, 0.15) is 5.56 Å². The summed E-state index contributed by atoms with van der Waals surface area (Å²) in [6, 6.07) is 3.26. The number of pyridine rings is 1. The van der Waals surface area contributed by atoms with Crippen LogP contribution in [0, 0.1) is 17.1 Å². The first kappa shape index (κ1) is 15.0. The van der Waals surface area contributed by atoms with Crippen molar-refractivity contribution in [3.05, 3.63) is 35.9 Å². The smallest absolute Gasteiger partial charge is 0.374 e. The molecular weight excluding hydrogens is 316 g/mol. The average molecular weight is 320 g/mol. The Morgan fingerprint density at radius 3 is 2.48 bits per heavy atom. The average Bonchev–Trinajstić information content (AvgIpc) is 2.37. The highest BCUT2D eigenvalue weighted by Gasteiger charge is 2.48. The Bertz CT molecular complexity index is 856. The molecule has 0 N–H and O–H groups in total. The first-order valence-corrected chi connectivity index (χ1v) is 6.54. The van der Waals surface area contributed by atoms with Crippen LogP contribution >= 0.6 is 0 Å². The molecule has 0 amide bonds. The molecule has 1 aromatic carbocycles. The van der Waals surface area contributed by atoms with Gasteiger partial charge in [0.25, 0.3) is 0 Å². The largest absolute Gasteiger partial charge is 0.534 e. The van der Waals surface area contributed by atoms with E-state index >= 15 is 0 Å². The van der Waals surface area contributed by atoms with Gasteiger partial charge in [0.2, 0.25) is 0 Å². The standard InChI is InChI=1S/C11H4F4N2O3S/c12-9-2-8-7(1-6(9)3-16)4-17-5-10(8)20-21(18,19)11(13,14)15/h1-2,4-5H. The molecule has 0 saturated heterocycles. The first-order valence-electron chi connectivity index (χ1n) is 5.14. The van der Waals surface area contributed by atoms with Crippen molar-refractivity contribution >= 4 is 20.9 Å². The van der Waals surface area contributed by atoms with E-state index in [0.717, 1.165) is 12.3 Å². The third-order valence-electron chi connectivity index (χ3n) is 2.41. The molecule has 0 aliphatic heterocycles. The van der Waals surface area contributed by atoms with E-state index in [1.165, 1.54) is 6.07 Å². The van der Waals surface area contributed by atoms with Crippen LogP contribution in [0.2, 0.25) is 0 Å². The number of aromatic nitrogens is 1. The van der Waals surface area contributed by atoms with Crippen LogP contribution in [-0.4, -0.2) is 18.9 Å². The Balaban J connectivity index is 2.62. The minimum absolute atomic E-state index is 0.0582. The Hall–Kier alpha value is -2.41. The first-order chi connectivity index (χ1) is 9.65. The number of halogens is 4. The number of rotatable bonds is 2. The van der Waals surface area contributed by atoms with E-state index in [1.807, 2.05) is 0 Å². The SMILES string of the molecule is N#Cc1cc2cncc(OS(=O)(=O)C(F)(F)F)c2cc1F. The lowest BCUT2D eigenvalue weighted by atomic mass is 10.1. The Labute approximate surface area is 115 Å². The number of hydrogen-bond acceptors (Lipinski definition) is 5. The van der Waals surface area contributed by atoms with Gasteiger partial charge in [-0.2, -0.15) is 26.9 Å². The summed E-state index contributed by atoms with van der Waals surface area (Å²) in [5, 5.41) is 8.46. The molecule has 2 aromatic rings. The molecule has 0 radical (unpaired) electrons. The molecule has 0 unspecified atom stereocenters. The van der Waals surface area contributed by atoms with E-state index in [0.29, 0.717) is 12.3 Å². The van der Waals surface area contributed by atoms with Gasteiger partial charge < -0.3 is 4.18 Å². The fourth-order valence-corrected chi connectivity index (χ4v) is 1.95. The number of nitrogens with zero attached hydrogens (tertiary/aromatic N) is 2. The summed E-state index contributed by atoms with van der Waals surface area (Å²) in [6.45, 7) is 0. The molecular formula is C11H4F4N2O3S. The number of alkyl halides is 3. The van der Waals surface area contributed by atoms with Crippen LogP contribution in [0.5, 0.6) is 5.75 Å². The number of benzene rings is 1. The van der Waals surface area contributed by atoms with Crippen LogP contribution in [-0.2, 0) is 10.1 Å². The lowest BCUT2D eigenvalue weighted by molar-refractivity contribution is -0.0499. The number of nitriles is 1. The van der Waals surface area contributed by atoms with E-state index in [1.54, 1.807) is 0 Å². The molecule has 0 spiro atoms. The quantitative estimate of drug-likeness (QED) is 0.482. The van der Waals surface area contributed by atoms with Crippen molar-refractivity contribution in [2.24, 2.45) is 0 Å². The van der Waals surface area contributed by atoms with Gasteiger partial charge in [-0.15, -0.1) is 0 Å². The molecule has 5 nitrogen and oxygen atoms in total. The van der Waals surface area contributed by atoms with Crippen LogP contribution in [0.15, 0.2) is 24.5 Å². The summed E-state index contributed by atoms with van der Waals surface area (Å²) in [5.41, 5.74) is -5.99. The van der Waals surface area contributed by atoms with E-state index in [9.17, 15) is 26.0 Å². The third-order valence-corrected chi connectivity index (χ3v) is 3.38. The summed E-state index contributed by atoms with van der Waals surface area (Å²) in [6.07, 6.45) is 1.83. The van der Waals surface area contributed by atoms with Crippen molar-refractivity contribution < 1.29 is 30.2 Å². The van der Waals surface area contributed by atoms with E-state index < -0.39 is 27.2 Å². The molecule has 21 heavy (non-hydrogen) atoms. The summed E-state index contributed by atoms with van der Waals surface area (Å²) >= 11 is 0. The zero-order valence-corrected chi connectivity index (χ0v) is 10.7.